The lowest BCUT2D eigenvalue weighted by molar-refractivity contribution is 0.314. The standard InChI is InChI=1S/C15H27N5/c1-6-16-14-11(2)15(18-12(3)17-14)20(5)10-13-8-7-9-19(13)4/h13H,6-10H2,1-5H3,(H,16,17,18). The van der Waals surface area contributed by atoms with Gasteiger partial charge < -0.3 is 15.1 Å². The molecule has 0 aromatic carbocycles. The van der Waals surface area contributed by atoms with Gasteiger partial charge in [-0.05, 0) is 47.2 Å². The summed E-state index contributed by atoms with van der Waals surface area (Å²) in [5, 5.41) is 3.33. The molecule has 1 aromatic rings. The fraction of sp³-hybridized carbons (Fsp3) is 0.733. The molecule has 112 valence electrons. The van der Waals surface area contributed by atoms with Crippen LogP contribution in [0.15, 0.2) is 0 Å². The van der Waals surface area contributed by atoms with Crippen molar-refractivity contribution < 1.29 is 0 Å². The summed E-state index contributed by atoms with van der Waals surface area (Å²) in [6.45, 7) is 9.27. The Balaban J connectivity index is 2.18. The first-order chi connectivity index (χ1) is 9.52. The van der Waals surface area contributed by atoms with Crippen molar-refractivity contribution in [2.45, 2.75) is 39.7 Å². The van der Waals surface area contributed by atoms with E-state index in [4.69, 9.17) is 0 Å². The summed E-state index contributed by atoms with van der Waals surface area (Å²) < 4.78 is 0. The number of aromatic nitrogens is 2. The normalized spacial score (nSPS) is 19.4. The molecule has 5 heteroatoms. The van der Waals surface area contributed by atoms with Crippen molar-refractivity contribution in [2.24, 2.45) is 0 Å². The lowest BCUT2D eigenvalue weighted by atomic mass is 10.2. The number of likely N-dealkylation sites (N-methyl/N-ethyl adjacent to an activating group) is 2. The third-order valence-corrected chi connectivity index (χ3v) is 4.09. The van der Waals surface area contributed by atoms with Crippen molar-refractivity contribution in [3.05, 3.63) is 11.4 Å². The first-order valence-electron chi connectivity index (χ1n) is 7.53. The smallest absolute Gasteiger partial charge is 0.137 e. The fourth-order valence-corrected chi connectivity index (χ4v) is 2.94. The highest BCUT2D eigenvalue weighted by Gasteiger charge is 2.23. The van der Waals surface area contributed by atoms with Gasteiger partial charge in [0.05, 0.1) is 0 Å². The lowest BCUT2D eigenvalue weighted by Crippen LogP contribution is -2.37. The second-order valence-corrected chi connectivity index (χ2v) is 5.76. The Hall–Kier alpha value is -1.36. The number of hydrogen-bond donors (Lipinski definition) is 1. The van der Waals surface area contributed by atoms with Crippen molar-refractivity contribution in [1.82, 2.24) is 14.9 Å². The van der Waals surface area contributed by atoms with E-state index in [2.05, 4.69) is 53.0 Å². The van der Waals surface area contributed by atoms with E-state index in [1.807, 2.05) is 6.92 Å². The highest BCUT2D eigenvalue weighted by Crippen LogP contribution is 2.24. The maximum atomic E-state index is 4.64. The van der Waals surface area contributed by atoms with Crippen LogP contribution in [0.3, 0.4) is 0 Å². The van der Waals surface area contributed by atoms with Crippen LogP contribution in [0.1, 0.15) is 31.2 Å². The Morgan fingerprint density at radius 1 is 1.35 bits per heavy atom. The number of nitrogens with one attached hydrogen (secondary N) is 1. The molecule has 2 rings (SSSR count). The third kappa shape index (κ3) is 3.20. The summed E-state index contributed by atoms with van der Waals surface area (Å²) in [6.07, 6.45) is 2.59. The van der Waals surface area contributed by atoms with E-state index in [0.29, 0.717) is 6.04 Å². The number of hydrogen-bond acceptors (Lipinski definition) is 5. The summed E-state index contributed by atoms with van der Waals surface area (Å²) in [6, 6.07) is 0.636. The SMILES string of the molecule is CCNc1nc(C)nc(N(C)CC2CCCN2C)c1C. The van der Waals surface area contributed by atoms with Crippen LogP contribution in [0.4, 0.5) is 11.6 Å². The van der Waals surface area contributed by atoms with Crippen LogP contribution in [0, 0.1) is 13.8 Å². The van der Waals surface area contributed by atoms with Gasteiger partial charge in [-0.15, -0.1) is 0 Å². The van der Waals surface area contributed by atoms with Crippen LogP contribution in [-0.4, -0.2) is 54.6 Å². The van der Waals surface area contributed by atoms with Crippen molar-refractivity contribution in [1.29, 1.82) is 0 Å². The monoisotopic (exact) mass is 277 g/mol. The second kappa shape index (κ2) is 6.39. The number of likely N-dealkylation sites (tertiary alicyclic amines) is 1. The van der Waals surface area contributed by atoms with E-state index in [0.717, 1.165) is 36.1 Å². The van der Waals surface area contributed by atoms with E-state index in [1.165, 1.54) is 19.4 Å². The Labute approximate surface area is 122 Å². The zero-order valence-corrected chi connectivity index (χ0v) is 13.4. The van der Waals surface area contributed by atoms with E-state index in [9.17, 15) is 0 Å². The molecule has 1 saturated heterocycles. The molecule has 5 nitrogen and oxygen atoms in total. The van der Waals surface area contributed by atoms with Crippen molar-refractivity contribution in [2.75, 3.05) is 43.9 Å². The van der Waals surface area contributed by atoms with Gasteiger partial charge in [0, 0.05) is 31.7 Å². The molecule has 0 radical (unpaired) electrons. The van der Waals surface area contributed by atoms with Gasteiger partial charge in [0.1, 0.15) is 17.5 Å². The molecule has 1 aliphatic rings. The molecule has 0 spiro atoms. The maximum absolute atomic E-state index is 4.64. The molecule has 2 heterocycles. The zero-order valence-electron chi connectivity index (χ0n) is 13.4. The molecule has 1 unspecified atom stereocenters. The van der Waals surface area contributed by atoms with Crippen LogP contribution in [0.5, 0.6) is 0 Å². The quantitative estimate of drug-likeness (QED) is 0.892. The zero-order chi connectivity index (χ0) is 14.7. The van der Waals surface area contributed by atoms with Crippen molar-refractivity contribution >= 4 is 11.6 Å². The van der Waals surface area contributed by atoms with Gasteiger partial charge in [0.15, 0.2) is 0 Å². The minimum Gasteiger partial charge on any atom is -0.370 e. The molecule has 0 bridgehead atoms. The Kier molecular flexibility index (Phi) is 4.81. The second-order valence-electron chi connectivity index (χ2n) is 5.76. The number of aryl methyl sites for hydroxylation is 1. The van der Waals surface area contributed by atoms with Crippen LogP contribution < -0.4 is 10.2 Å². The number of rotatable bonds is 5. The van der Waals surface area contributed by atoms with Gasteiger partial charge in [0.2, 0.25) is 0 Å². The van der Waals surface area contributed by atoms with Gasteiger partial charge >= 0.3 is 0 Å². The summed E-state index contributed by atoms with van der Waals surface area (Å²) in [5.74, 6) is 2.84. The minimum atomic E-state index is 0.636. The van der Waals surface area contributed by atoms with Crippen LogP contribution in [0.25, 0.3) is 0 Å². The molecular formula is C15H27N5. The Bertz CT molecular complexity index is 460. The highest BCUT2D eigenvalue weighted by atomic mass is 15.2. The van der Waals surface area contributed by atoms with Gasteiger partial charge in [-0.1, -0.05) is 0 Å². The largest absolute Gasteiger partial charge is 0.370 e. The minimum absolute atomic E-state index is 0.636. The van der Waals surface area contributed by atoms with Gasteiger partial charge in [-0.2, -0.15) is 0 Å². The van der Waals surface area contributed by atoms with Crippen molar-refractivity contribution in [3.8, 4) is 0 Å². The predicted octanol–water partition coefficient (Wildman–Crippen LogP) is 2.06. The Morgan fingerprint density at radius 3 is 2.70 bits per heavy atom. The molecule has 0 amide bonds. The third-order valence-electron chi connectivity index (χ3n) is 4.09. The highest BCUT2D eigenvalue weighted by molar-refractivity contribution is 5.58. The molecular weight excluding hydrogens is 250 g/mol. The summed E-state index contributed by atoms with van der Waals surface area (Å²) in [4.78, 5) is 13.9. The predicted molar refractivity (Wildman–Crippen MR) is 84.6 cm³/mol. The topological polar surface area (TPSA) is 44.3 Å². The van der Waals surface area contributed by atoms with Crippen LogP contribution >= 0.6 is 0 Å². The van der Waals surface area contributed by atoms with E-state index < -0.39 is 0 Å². The molecule has 0 aliphatic carbocycles. The molecule has 1 fully saturated rings. The Morgan fingerprint density at radius 2 is 2.10 bits per heavy atom. The first-order valence-corrected chi connectivity index (χ1v) is 7.53. The summed E-state index contributed by atoms with van der Waals surface area (Å²) >= 11 is 0. The fourth-order valence-electron chi connectivity index (χ4n) is 2.94. The van der Waals surface area contributed by atoms with Crippen LogP contribution in [0.2, 0.25) is 0 Å². The van der Waals surface area contributed by atoms with Crippen molar-refractivity contribution in [3.63, 3.8) is 0 Å². The first kappa shape index (κ1) is 15.0. The van der Waals surface area contributed by atoms with E-state index in [1.54, 1.807) is 0 Å². The van der Waals surface area contributed by atoms with Gasteiger partial charge in [-0.3, -0.25) is 0 Å². The molecule has 1 atom stereocenters. The molecule has 0 saturated carbocycles. The molecule has 1 N–H and O–H groups in total. The summed E-state index contributed by atoms with van der Waals surface area (Å²) in [5.41, 5.74) is 1.14. The molecule has 20 heavy (non-hydrogen) atoms. The van der Waals surface area contributed by atoms with E-state index >= 15 is 0 Å². The average molecular weight is 277 g/mol. The number of anilines is 2. The molecule has 1 aliphatic heterocycles. The average Bonchev–Trinajstić information content (AvgIpc) is 2.79. The van der Waals surface area contributed by atoms with Gasteiger partial charge in [-0.25, -0.2) is 9.97 Å². The molecule has 1 aromatic heterocycles. The lowest BCUT2D eigenvalue weighted by Gasteiger charge is -2.28. The number of nitrogens with zero attached hydrogens (tertiary/aromatic N) is 4. The maximum Gasteiger partial charge on any atom is 0.137 e. The summed E-state index contributed by atoms with van der Waals surface area (Å²) in [7, 11) is 4.35. The van der Waals surface area contributed by atoms with Gasteiger partial charge in [0.25, 0.3) is 0 Å². The van der Waals surface area contributed by atoms with Crippen LogP contribution in [-0.2, 0) is 0 Å². The van der Waals surface area contributed by atoms with E-state index in [-0.39, 0.29) is 0 Å².